The molecule has 0 saturated carbocycles. The monoisotopic (exact) mass is 438 g/mol. The Morgan fingerprint density at radius 3 is 2.58 bits per heavy atom. The number of nitrogens with one attached hydrogen (secondary N) is 1. The summed E-state index contributed by atoms with van der Waals surface area (Å²) >= 11 is 0. The lowest BCUT2D eigenvalue weighted by Gasteiger charge is -2.12. The van der Waals surface area contributed by atoms with Crippen LogP contribution in [0.25, 0.3) is 10.9 Å². The number of carbonyl (C=O) groups is 1. The van der Waals surface area contributed by atoms with Crippen LogP contribution in [0.5, 0.6) is 0 Å². The van der Waals surface area contributed by atoms with Gasteiger partial charge in [-0.15, -0.1) is 0 Å². The lowest BCUT2D eigenvalue weighted by atomic mass is 10.1. The van der Waals surface area contributed by atoms with E-state index in [9.17, 15) is 9.18 Å². The van der Waals surface area contributed by atoms with E-state index in [1.165, 1.54) is 6.07 Å². The van der Waals surface area contributed by atoms with Crippen LogP contribution in [0.1, 0.15) is 27.2 Å². The minimum atomic E-state index is -0.281. The lowest BCUT2D eigenvalue weighted by molar-refractivity contribution is 0.0942. The third-order valence-corrected chi connectivity index (χ3v) is 5.70. The topological polar surface area (TPSA) is 51.9 Å². The Bertz CT molecular complexity index is 1400. The molecule has 0 unspecified atom stereocenters. The number of fused-ring (bicyclic) bond motifs is 1. The number of carbonyl (C=O) groups excluding carboxylic acids is 1. The highest BCUT2D eigenvalue weighted by atomic mass is 19.1. The van der Waals surface area contributed by atoms with E-state index in [-0.39, 0.29) is 18.3 Å². The van der Waals surface area contributed by atoms with Crippen molar-refractivity contribution in [3.63, 3.8) is 0 Å². The minimum Gasteiger partial charge on any atom is -0.347 e. The fourth-order valence-corrected chi connectivity index (χ4v) is 4.07. The molecule has 0 saturated heterocycles. The van der Waals surface area contributed by atoms with Crippen molar-refractivity contribution < 1.29 is 9.18 Å². The summed E-state index contributed by atoms with van der Waals surface area (Å²) in [7, 11) is 0. The van der Waals surface area contributed by atoms with Gasteiger partial charge in [0.15, 0.2) is 0 Å². The Hall–Kier alpha value is -4.19. The molecule has 1 amide bonds. The molecule has 0 aliphatic rings. The number of nitrogens with zero attached hydrogens (tertiary/aromatic N) is 3. The van der Waals surface area contributed by atoms with Crippen LogP contribution in [0.4, 0.5) is 4.39 Å². The SMILES string of the molecule is O=C(NCc1cccc(Cn2ccnc2)c1)c1cc2ccccc2n1Cc1ccccc1F. The second-order valence-electron chi connectivity index (χ2n) is 8.00. The third-order valence-electron chi connectivity index (χ3n) is 5.70. The van der Waals surface area contributed by atoms with Crippen LogP contribution in [0, 0.1) is 5.82 Å². The largest absolute Gasteiger partial charge is 0.347 e. The molecule has 0 radical (unpaired) electrons. The van der Waals surface area contributed by atoms with Gasteiger partial charge >= 0.3 is 0 Å². The molecule has 0 atom stereocenters. The summed E-state index contributed by atoms with van der Waals surface area (Å²) in [6.07, 6.45) is 5.45. The van der Waals surface area contributed by atoms with Gasteiger partial charge in [-0.1, -0.05) is 60.7 Å². The van der Waals surface area contributed by atoms with Crippen molar-refractivity contribution in [2.24, 2.45) is 0 Å². The van der Waals surface area contributed by atoms with Crippen LogP contribution < -0.4 is 5.32 Å². The molecule has 0 fully saturated rings. The van der Waals surface area contributed by atoms with Gasteiger partial charge in [-0.3, -0.25) is 4.79 Å². The first-order valence-corrected chi connectivity index (χ1v) is 10.8. The van der Waals surface area contributed by atoms with E-state index in [2.05, 4.69) is 22.4 Å². The fraction of sp³-hybridized carbons (Fsp3) is 0.111. The average molecular weight is 439 g/mol. The zero-order chi connectivity index (χ0) is 22.6. The van der Waals surface area contributed by atoms with Crippen LogP contribution in [0.15, 0.2) is 97.6 Å². The number of hydrogen-bond acceptors (Lipinski definition) is 2. The number of hydrogen-bond donors (Lipinski definition) is 1. The van der Waals surface area contributed by atoms with E-state index in [4.69, 9.17) is 0 Å². The van der Waals surface area contributed by atoms with E-state index >= 15 is 0 Å². The molecule has 0 aliphatic heterocycles. The second kappa shape index (κ2) is 9.12. The minimum absolute atomic E-state index is 0.192. The van der Waals surface area contributed by atoms with Gasteiger partial charge < -0.3 is 14.5 Å². The highest BCUT2D eigenvalue weighted by Gasteiger charge is 2.16. The second-order valence-corrected chi connectivity index (χ2v) is 8.00. The van der Waals surface area contributed by atoms with Crippen LogP contribution in [-0.4, -0.2) is 20.0 Å². The van der Waals surface area contributed by atoms with Crippen LogP contribution in [0.2, 0.25) is 0 Å². The summed E-state index contributed by atoms with van der Waals surface area (Å²) in [4.78, 5) is 17.3. The van der Waals surface area contributed by atoms with Crippen molar-refractivity contribution in [3.05, 3.63) is 126 Å². The molecule has 1 N–H and O–H groups in total. The number of imidazole rings is 1. The standard InChI is InChI=1S/C27H23FN4O/c28-24-10-3-1-9-23(24)18-32-25-11-4-2-8-22(25)15-26(32)27(33)30-16-20-6-5-7-21(14-20)17-31-13-12-29-19-31/h1-15,19H,16-18H2,(H,30,33). The molecule has 0 bridgehead atoms. The Morgan fingerprint density at radius 2 is 1.73 bits per heavy atom. The number of para-hydroxylation sites is 1. The summed E-state index contributed by atoms with van der Waals surface area (Å²) < 4.78 is 18.2. The molecule has 164 valence electrons. The summed E-state index contributed by atoms with van der Waals surface area (Å²) in [5, 5.41) is 3.98. The van der Waals surface area contributed by atoms with Crippen molar-refractivity contribution in [3.8, 4) is 0 Å². The van der Waals surface area contributed by atoms with Crippen molar-refractivity contribution in [2.75, 3.05) is 0 Å². The number of benzene rings is 3. The van der Waals surface area contributed by atoms with E-state index < -0.39 is 0 Å². The Balaban J connectivity index is 1.37. The number of aromatic nitrogens is 3. The molecular formula is C27H23FN4O. The van der Waals surface area contributed by atoms with Gasteiger partial charge in [-0.25, -0.2) is 9.37 Å². The first-order chi connectivity index (χ1) is 16.2. The summed E-state index contributed by atoms with van der Waals surface area (Å²) in [6, 6.07) is 24.4. The summed E-state index contributed by atoms with van der Waals surface area (Å²) in [5.41, 5.74) is 4.09. The predicted octanol–water partition coefficient (Wildman–Crippen LogP) is 5.00. The third kappa shape index (κ3) is 4.55. The molecule has 3 aromatic carbocycles. The maximum absolute atomic E-state index is 14.3. The highest BCUT2D eigenvalue weighted by molar-refractivity contribution is 5.98. The van der Waals surface area contributed by atoms with Crippen molar-refractivity contribution in [2.45, 2.75) is 19.6 Å². The summed E-state index contributed by atoms with van der Waals surface area (Å²) in [6.45, 7) is 1.40. The zero-order valence-corrected chi connectivity index (χ0v) is 18.0. The van der Waals surface area contributed by atoms with E-state index in [1.54, 1.807) is 30.7 Å². The van der Waals surface area contributed by atoms with E-state index in [0.29, 0.717) is 17.8 Å². The zero-order valence-electron chi connectivity index (χ0n) is 18.0. The van der Waals surface area contributed by atoms with E-state index in [1.807, 2.05) is 57.8 Å². The van der Waals surface area contributed by atoms with Gasteiger partial charge in [0.1, 0.15) is 11.5 Å². The number of amides is 1. The van der Waals surface area contributed by atoms with Gasteiger partial charge in [-0.05, 0) is 29.3 Å². The molecule has 6 heteroatoms. The fourth-order valence-electron chi connectivity index (χ4n) is 4.07. The predicted molar refractivity (Wildman–Crippen MR) is 126 cm³/mol. The number of halogens is 1. The first-order valence-electron chi connectivity index (χ1n) is 10.8. The van der Waals surface area contributed by atoms with E-state index in [0.717, 1.165) is 28.6 Å². The van der Waals surface area contributed by atoms with Crippen LogP contribution >= 0.6 is 0 Å². The molecule has 0 aliphatic carbocycles. The van der Waals surface area contributed by atoms with Gasteiger partial charge in [0, 0.05) is 41.9 Å². The molecule has 5 nitrogen and oxygen atoms in total. The normalized spacial score (nSPS) is 11.1. The van der Waals surface area contributed by atoms with Gasteiger partial charge in [0.25, 0.3) is 5.91 Å². The molecular weight excluding hydrogens is 415 g/mol. The molecule has 2 aromatic heterocycles. The first kappa shape index (κ1) is 20.7. The smallest absolute Gasteiger partial charge is 0.268 e. The highest BCUT2D eigenvalue weighted by Crippen LogP contribution is 2.22. The Labute approximate surface area is 191 Å². The summed E-state index contributed by atoms with van der Waals surface area (Å²) in [5.74, 6) is -0.473. The maximum Gasteiger partial charge on any atom is 0.268 e. The Kier molecular flexibility index (Phi) is 5.72. The lowest BCUT2D eigenvalue weighted by Crippen LogP contribution is -2.25. The molecule has 2 heterocycles. The van der Waals surface area contributed by atoms with Crippen molar-refractivity contribution >= 4 is 16.8 Å². The molecule has 5 aromatic rings. The Morgan fingerprint density at radius 1 is 0.909 bits per heavy atom. The quantitative estimate of drug-likeness (QED) is 0.389. The molecule has 5 rings (SSSR count). The average Bonchev–Trinajstić information content (AvgIpc) is 3.47. The molecule has 33 heavy (non-hydrogen) atoms. The maximum atomic E-state index is 14.3. The van der Waals surface area contributed by atoms with Crippen LogP contribution in [0.3, 0.4) is 0 Å². The van der Waals surface area contributed by atoms with Gasteiger partial charge in [-0.2, -0.15) is 0 Å². The van der Waals surface area contributed by atoms with Gasteiger partial charge in [0.2, 0.25) is 0 Å². The van der Waals surface area contributed by atoms with Crippen LogP contribution in [-0.2, 0) is 19.6 Å². The van der Waals surface area contributed by atoms with Gasteiger partial charge in [0.05, 0.1) is 12.9 Å². The van der Waals surface area contributed by atoms with Crippen molar-refractivity contribution in [1.29, 1.82) is 0 Å². The van der Waals surface area contributed by atoms with Crippen molar-refractivity contribution in [1.82, 2.24) is 19.4 Å². The number of rotatable bonds is 7. The molecule has 0 spiro atoms.